The van der Waals surface area contributed by atoms with Crippen LogP contribution in [0.2, 0.25) is 0 Å². The molecule has 1 radical (unpaired) electrons. The van der Waals surface area contributed by atoms with Crippen molar-refractivity contribution < 1.29 is 0 Å². The average Bonchev–Trinajstić information content (AvgIpc) is 2.22. The van der Waals surface area contributed by atoms with E-state index >= 15 is 0 Å². The Kier molecular flexibility index (Phi) is 6.74. The van der Waals surface area contributed by atoms with Gasteiger partial charge in [0.1, 0.15) is 0 Å². The van der Waals surface area contributed by atoms with E-state index in [9.17, 15) is 0 Å². The molecule has 14 heavy (non-hydrogen) atoms. The van der Waals surface area contributed by atoms with Gasteiger partial charge in [0.05, 0.1) is 0 Å². The molecule has 0 aromatic rings. The molecule has 0 N–H and O–H groups in total. The predicted octanol–water partition coefficient (Wildman–Crippen LogP) is 4.38. The zero-order chi connectivity index (χ0) is 9.90. The fraction of sp³-hybridized carbons (Fsp3) is 0.357. The van der Waals surface area contributed by atoms with E-state index in [4.69, 9.17) is 0 Å². The molecule has 0 fully saturated rings. The zero-order valence-corrected chi connectivity index (χ0v) is 8.73. The van der Waals surface area contributed by atoms with Crippen LogP contribution in [-0.4, -0.2) is 0 Å². The molecule has 0 nitrogen and oxygen atoms in total. The molecule has 0 heteroatoms. The number of hydrogen-bond donors (Lipinski definition) is 0. The Balaban J connectivity index is 2.34. The fourth-order valence-corrected chi connectivity index (χ4v) is 1.31. The van der Waals surface area contributed by atoms with Crippen LogP contribution in [0.3, 0.4) is 0 Å². The first kappa shape index (κ1) is 11.0. The maximum Gasteiger partial charge on any atom is 0.00442 e. The van der Waals surface area contributed by atoms with Crippen LogP contribution in [0.5, 0.6) is 0 Å². The third-order valence-corrected chi connectivity index (χ3v) is 2.11. The molecule has 1 aliphatic carbocycles. The van der Waals surface area contributed by atoms with Crippen molar-refractivity contribution in [1.29, 1.82) is 0 Å². The molecule has 0 saturated heterocycles. The van der Waals surface area contributed by atoms with Gasteiger partial charge in [-0.2, -0.15) is 0 Å². The third kappa shape index (κ3) is 6.47. The Bertz CT molecular complexity index is 204. The summed E-state index contributed by atoms with van der Waals surface area (Å²) in [6.45, 7) is 0. The first-order valence-electron chi connectivity index (χ1n) is 5.45. The Hall–Kier alpha value is -1.04. The molecule has 0 spiro atoms. The summed E-state index contributed by atoms with van der Waals surface area (Å²) in [4.78, 5) is 0. The molecule has 0 heterocycles. The number of hydrogen-bond acceptors (Lipinski definition) is 0. The molecule has 0 unspecified atom stereocenters. The van der Waals surface area contributed by atoms with Crippen LogP contribution in [0, 0.1) is 6.42 Å². The van der Waals surface area contributed by atoms with E-state index in [1.807, 2.05) is 0 Å². The first-order valence-corrected chi connectivity index (χ1v) is 5.45. The summed E-state index contributed by atoms with van der Waals surface area (Å²) in [5.74, 6) is 0. The van der Waals surface area contributed by atoms with Crippen molar-refractivity contribution in [2.75, 3.05) is 0 Å². The predicted molar refractivity (Wildman–Crippen MR) is 63.9 cm³/mol. The summed E-state index contributed by atoms with van der Waals surface area (Å²) < 4.78 is 0. The molecule has 0 bridgehead atoms. The lowest BCUT2D eigenvalue weighted by atomic mass is 10.2. The topological polar surface area (TPSA) is 0 Å². The Morgan fingerprint density at radius 1 is 0.571 bits per heavy atom. The minimum Gasteiger partial charge on any atom is -0.0882 e. The average molecular weight is 187 g/mol. The van der Waals surface area contributed by atoms with Crippen molar-refractivity contribution in [3.63, 3.8) is 0 Å². The summed E-state index contributed by atoms with van der Waals surface area (Å²) in [6.07, 6.45) is 25.5. The van der Waals surface area contributed by atoms with Gasteiger partial charge in [0.2, 0.25) is 0 Å². The number of allylic oxidation sites excluding steroid dienone is 8. The molecule has 0 aromatic heterocycles. The summed E-state index contributed by atoms with van der Waals surface area (Å²) >= 11 is 0. The van der Waals surface area contributed by atoms with E-state index in [2.05, 4.69) is 55.0 Å². The van der Waals surface area contributed by atoms with Crippen LogP contribution in [-0.2, 0) is 0 Å². The van der Waals surface area contributed by atoms with Crippen LogP contribution in [0.1, 0.15) is 32.1 Å². The van der Waals surface area contributed by atoms with Crippen molar-refractivity contribution >= 4 is 0 Å². The van der Waals surface area contributed by atoms with E-state index in [0.29, 0.717) is 0 Å². The maximum atomic E-state index is 2.28. The minimum absolute atomic E-state index is 1.04. The van der Waals surface area contributed by atoms with Gasteiger partial charge in [0.15, 0.2) is 0 Å². The van der Waals surface area contributed by atoms with Crippen molar-refractivity contribution in [3.05, 3.63) is 55.0 Å². The van der Waals surface area contributed by atoms with Crippen molar-refractivity contribution in [2.45, 2.75) is 32.1 Å². The second-order valence-corrected chi connectivity index (χ2v) is 3.39. The molecule has 0 saturated carbocycles. The SMILES string of the molecule is [CH]1/C=C\CCC/C=C/C/C=C/C/C=C/1. The molecule has 1 aliphatic rings. The lowest BCUT2D eigenvalue weighted by Crippen LogP contribution is -1.71. The van der Waals surface area contributed by atoms with Crippen LogP contribution >= 0.6 is 0 Å². The fourth-order valence-electron chi connectivity index (χ4n) is 1.31. The molecule has 0 aromatic carbocycles. The van der Waals surface area contributed by atoms with Gasteiger partial charge in [-0.3, -0.25) is 0 Å². The van der Waals surface area contributed by atoms with Crippen molar-refractivity contribution in [3.8, 4) is 0 Å². The van der Waals surface area contributed by atoms with Gasteiger partial charge in [0, 0.05) is 6.42 Å². The van der Waals surface area contributed by atoms with Gasteiger partial charge < -0.3 is 0 Å². The van der Waals surface area contributed by atoms with Crippen LogP contribution < -0.4 is 0 Å². The summed E-state index contributed by atoms with van der Waals surface area (Å²) in [5.41, 5.74) is 0. The molecule has 0 amide bonds. The van der Waals surface area contributed by atoms with Crippen molar-refractivity contribution in [2.24, 2.45) is 0 Å². The van der Waals surface area contributed by atoms with E-state index in [0.717, 1.165) is 12.8 Å². The highest BCUT2D eigenvalue weighted by Crippen LogP contribution is 2.01. The van der Waals surface area contributed by atoms with Crippen LogP contribution in [0.15, 0.2) is 48.6 Å². The van der Waals surface area contributed by atoms with Crippen LogP contribution in [0.25, 0.3) is 0 Å². The molecule has 1 rings (SSSR count). The molecule has 0 aliphatic heterocycles. The van der Waals surface area contributed by atoms with E-state index < -0.39 is 0 Å². The van der Waals surface area contributed by atoms with Crippen molar-refractivity contribution in [1.82, 2.24) is 0 Å². The smallest absolute Gasteiger partial charge is 0.00442 e. The van der Waals surface area contributed by atoms with Crippen LogP contribution in [0.4, 0.5) is 0 Å². The maximum absolute atomic E-state index is 2.28. The van der Waals surface area contributed by atoms with E-state index in [-0.39, 0.29) is 0 Å². The Morgan fingerprint density at radius 2 is 1.21 bits per heavy atom. The number of rotatable bonds is 0. The third-order valence-electron chi connectivity index (χ3n) is 2.11. The monoisotopic (exact) mass is 187 g/mol. The van der Waals surface area contributed by atoms with Gasteiger partial charge >= 0.3 is 0 Å². The van der Waals surface area contributed by atoms with Gasteiger partial charge in [0.25, 0.3) is 0 Å². The lowest BCUT2D eigenvalue weighted by molar-refractivity contribution is 0.865. The quantitative estimate of drug-likeness (QED) is 0.494. The standard InChI is InChI=1S/C14H19/c1-2-4-6-8-10-12-14-13-11-9-7-5-3-1/h1-5,8,10,13-14H,6-7,9,11-12H2/b4-2+,5-3-,10-8+,14-13+. The molecular weight excluding hydrogens is 168 g/mol. The Labute approximate surface area is 87.7 Å². The highest BCUT2D eigenvalue weighted by atomic mass is 13.9. The Morgan fingerprint density at radius 3 is 2.14 bits per heavy atom. The lowest BCUT2D eigenvalue weighted by Gasteiger charge is -1.91. The van der Waals surface area contributed by atoms with E-state index in [1.54, 1.807) is 0 Å². The second kappa shape index (κ2) is 8.55. The molecule has 75 valence electrons. The summed E-state index contributed by atoms with van der Waals surface area (Å²) in [7, 11) is 0. The zero-order valence-electron chi connectivity index (χ0n) is 8.73. The van der Waals surface area contributed by atoms with E-state index in [1.165, 1.54) is 19.3 Å². The summed E-state index contributed by atoms with van der Waals surface area (Å²) in [5, 5.41) is 0. The second-order valence-electron chi connectivity index (χ2n) is 3.39. The first-order chi connectivity index (χ1) is 7.00. The molecular formula is C14H19. The highest BCUT2D eigenvalue weighted by molar-refractivity contribution is 5.10. The van der Waals surface area contributed by atoms with Gasteiger partial charge in [-0.05, 0) is 32.1 Å². The summed E-state index contributed by atoms with van der Waals surface area (Å²) in [6, 6.07) is 0. The van der Waals surface area contributed by atoms with Gasteiger partial charge in [-0.15, -0.1) is 0 Å². The highest BCUT2D eigenvalue weighted by Gasteiger charge is 1.81. The molecule has 0 atom stereocenters. The largest absolute Gasteiger partial charge is 0.0882 e. The van der Waals surface area contributed by atoms with Gasteiger partial charge in [-0.1, -0.05) is 48.6 Å². The van der Waals surface area contributed by atoms with Gasteiger partial charge in [-0.25, -0.2) is 0 Å². The normalized spacial score (nSPS) is 28.6. The minimum atomic E-state index is 1.04.